The quantitative estimate of drug-likeness (QED) is 0.287. The number of rotatable bonds is 2. The lowest BCUT2D eigenvalue weighted by atomic mass is 10.2. The Morgan fingerprint density at radius 1 is 1.16 bits per heavy atom. The summed E-state index contributed by atoms with van der Waals surface area (Å²) in [6.07, 6.45) is 0. The third-order valence-corrected chi connectivity index (χ3v) is 2.81. The molecule has 0 saturated heterocycles. The molecule has 0 aliphatic heterocycles. The summed E-state index contributed by atoms with van der Waals surface area (Å²) in [5.41, 5.74) is 0.730. The normalized spacial score (nSPS) is 10.4. The average Bonchev–Trinajstić information content (AvgIpc) is 2.36. The molecule has 0 aliphatic carbocycles. The molecule has 0 atom stereocenters. The summed E-state index contributed by atoms with van der Waals surface area (Å²) in [5.74, 6) is 0. The number of nitrogens with zero attached hydrogens (tertiary/aromatic N) is 3. The zero-order valence-corrected chi connectivity index (χ0v) is 10.4. The molecule has 2 aromatic heterocycles. The van der Waals surface area contributed by atoms with Gasteiger partial charge in [-0.2, -0.15) is 4.73 Å². The summed E-state index contributed by atoms with van der Waals surface area (Å²) in [7, 11) is 0. The maximum Gasteiger partial charge on any atom is 0.329 e. The SMILES string of the molecule is Cc1cc([N+](=O)[O-])cc(-c2cccc(C)[n+]2O)[n+]1[O-]. The maximum absolute atomic E-state index is 12.0. The van der Waals surface area contributed by atoms with Crippen LogP contribution < -0.4 is 9.46 Å². The van der Waals surface area contributed by atoms with Gasteiger partial charge in [0, 0.05) is 30.7 Å². The number of hydrogen-bond donors (Lipinski definition) is 1. The Balaban J connectivity index is 2.74. The van der Waals surface area contributed by atoms with Crippen molar-refractivity contribution in [2.75, 3.05) is 0 Å². The van der Waals surface area contributed by atoms with Gasteiger partial charge in [-0.15, -0.1) is 0 Å². The van der Waals surface area contributed by atoms with Crippen molar-refractivity contribution in [2.24, 2.45) is 0 Å². The Labute approximate surface area is 108 Å². The molecule has 7 nitrogen and oxygen atoms in total. The molecule has 2 rings (SSSR count). The van der Waals surface area contributed by atoms with Gasteiger partial charge in [0.1, 0.15) is 0 Å². The molecule has 0 fully saturated rings. The van der Waals surface area contributed by atoms with Gasteiger partial charge < -0.3 is 5.21 Å². The van der Waals surface area contributed by atoms with Crippen LogP contribution in [-0.4, -0.2) is 10.1 Å². The Bertz CT molecular complexity index is 670. The first kappa shape index (κ1) is 12.7. The maximum atomic E-state index is 12.0. The number of aromatic nitrogens is 2. The van der Waals surface area contributed by atoms with E-state index >= 15 is 0 Å². The van der Waals surface area contributed by atoms with Crippen LogP contribution in [0.3, 0.4) is 0 Å². The lowest BCUT2D eigenvalue weighted by Gasteiger charge is -2.05. The van der Waals surface area contributed by atoms with E-state index in [2.05, 4.69) is 0 Å². The molecular formula is C12H12N3O4+. The van der Waals surface area contributed by atoms with E-state index < -0.39 is 4.92 Å². The second kappa shape index (κ2) is 4.52. The Morgan fingerprint density at radius 3 is 2.47 bits per heavy atom. The molecule has 19 heavy (non-hydrogen) atoms. The Kier molecular flexibility index (Phi) is 3.04. The van der Waals surface area contributed by atoms with Crippen molar-refractivity contribution in [3.05, 3.63) is 57.0 Å². The topological polar surface area (TPSA) is 94.2 Å². The fourth-order valence-corrected chi connectivity index (χ4v) is 1.79. The van der Waals surface area contributed by atoms with Crippen LogP contribution in [0.4, 0.5) is 5.69 Å². The molecule has 1 N–H and O–H groups in total. The third kappa shape index (κ3) is 2.17. The fourth-order valence-electron chi connectivity index (χ4n) is 1.79. The lowest BCUT2D eigenvalue weighted by molar-refractivity contribution is -0.902. The molecule has 0 aromatic carbocycles. The molecule has 0 unspecified atom stereocenters. The Hall–Kier alpha value is -2.70. The van der Waals surface area contributed by atoms with Gasteiger partial charge in [0.05, 0.1) is 17.1 Å². The van der Waals surface area contributed by atoms with Crippen molar-refractivity contribution >= 4 is 5.69 Å². The summed E-state index contributed by atoms with van der Waals surface area (Å²) in [4.78, 5) is 10.2. The van der Waals surface area contributed by atoms with Crippen LogP contribution in [0.1, 0.15) is 11.4 Å². The highest BCUT2D eigenvalue weighted by molar-refractivity contribution is 5.52. The zero-order chi connectivity index (χ0) is 14.2. The summed E-state index contributed by atoms with van der Waals surface area (Å²) in [6.45, 7) is 3.13. The molecule has 0 saturated carbocycles. The first-order chi connectivity index (χ1) is 8.91. The molecule has 0 amide bonds. The predicted octanol–water partition coefficient (Wildman–Crippen LogP) is 1.04. The van der Waals surface area contributed by atoms with E-state index in [0.29, 0.717) is 10.4 Å². The van der Waals surface area contributed by atoms with Crippen LogP contribution in [0.2, 0.25) is 0 Å². The molecule has 0 aliphatic rings. The predicted molar refractivity (Wildman–Crippen MR) is 64.3 cm³/mol. The second-order valence-corrected chi connectivity index (χ2v) is 4.16. The number of pyridine rings is 2. The molecule has 98 valence electrons. The number of nitro groups is 1. The van der Waals surface area contributed by atoms with Crippen molar-refractivity contribution in [3.63, 3.8) is 0 Å². The van der Waals surface area contributed by atoms with Crippen LogP contribution in [0.25, 0.3) is 11.4 Å². The van der Waals surface area contributed by atoms with E-state index in [0.717, 1.165) is 10.8 Å². The van der Waals surface area contributed by atoms with Crippen LogP contribution in [-0.2, 0) is 0 Å². The van der Waals surface area contributed by atoms with Gasteiger partial charge in [0.2, 0.25) is 5.69 Å². The minimum atomic E-state index is -0.575. The monoisotopic (exact) mass is 262 g/mol. The van der Waals surface area contributed by atoms with Crippen LogP contribution in [0, 0.1) is 29.2 Å². The Morgan fingerprint density at radius 2 is 1.84 bits per heavy atom. The van der Waals surface area contributed by atoms with E-state index in [1.54, 1.807) is 19.1 Å². The van der Waals surface area contributed by atoms with E-state index in [1.807, 2.05) is 0 Å². The summed E-state index contributed by atoms with van der Waals surface area (Å²) in [6, 6.07) is 7.16. The van der Waals surface area contributed by atoms with Gasteiger partial charge in [0.25, 0.3) is 5.69 Å². The van der Waals surface area contributed by atoms with Crippen molar-refractivity contribution < 1.29 is 19.6 Å². The second-order valence-electron chi connectivity index (χ2n) is 4.16. The van der Waals surface area contributed by atoms with Gasteiger partial charge in [0.15, 0.2) is 5.69 Å². The van der Waals surface area contributed by atoms with E-state index in [-0.39, 0.29) is 22.8 Å². The van der Waals surface area contributed by atoms with Crippen LogP contribution in [0.5, 0.6) is 0 Å². The molecule has 0 bridgehead atoms. The molecule has 0 spiro atoms. The first-order valence-corrected chi connectivity index (χ1v) is 5.51. The summed E-state index contributed by atoms with van der Waals surface area (Å²) >= 11 is 0. The average molecular weight is 262 g/mol. The number of hydrogen-bond acceptors (Lipinski definition) is 4. The zero-order valence-electron chi connectivity index (χ0n) is 10.4. The van der Waals surface area contributed by atoms with Gasteiger partial charge in [-0.1, -0.05) is 0 Å². The summed E-state index contributed by atoms with van der Waals surface area (Å²) in [5, 5.41) is 32.7. The van der Waals surface area contributed by atoms with Gasteiger partial charge in [-0.05, 0) is 6.07 Å². The van der Waals surface area contributed by atoms with Gasteiger partial charge in [-0.3, -0.25) is 15.3 Å². The minimum Gasteiger partial charge on any atom is -0.618 e. The summed E-state index contributed by atoms with van der Waals surface area (Å²) < 4.78 is 1.38. The van der Waals surface area contributed by atoms with Crippen molar-refractivity contribution in [1.82, 2.24) is 0 Å². The lowest BCUT2D eigenvalue weighted by Crippen LogP contribution is -2.42. The van der Waals surface area contributed by atoms with E-state index in [1.165, 1.54) is 19.1 Å². The molecule has 0 radical (unpaired) electrons. The highest BCUT2D eigenvalue weighted by Crippen LogP contribution is 2.19. The largest absolute Gasteiger partial charge is 0.618 e. The first-order valence-electron chi connectivity index (χ1n) is 5.51. The minimum absolute atomic E-state index is 0.0258. The van der Waals surface area contributed by atoms with E-state index in [4.69, 9.17) is 0 Å². The van der Waals surface area contributed by atoms with E-state index in [9.17, 15) is 20.5 Å². The molecular weight excluding hydrogens is 250 g/mol. The standard InChI is InChI=1S/C12H12N3O4/c1-8-4-3-5-11(13(8)16)12-7-10(15(18)19)6-9(2)14(12)17/h3-7,16H,1-2H3/q+1. The molecule has 2 aromatic rings. The van der Waals surface area contributed by atoms with Crippen molar-refractivity contribution in [3.8, 4) is 11.4 Å². The smallest absolute Gasteiger partial charge is 0.329 e. The molecule has 2 heterocycles. The van der Waals surface area contributed by atoms with Gasteiger partial charge >= 0.3 is 11.4 Å². The van der Waals surface area contributed by atoms with Crippen molar-refractivity contribution in [1.29, 1.82) is 0 Å². The third-order valence-electron chi connectivity index (χ3n) is 2.81. The van der Waals surface area contributed by atoms with Crippen molar-refractivity contribution in [2.45, 2.75) is 13.8 Å². The fraction of sp³-hybridized carbons (Fsp3) is 0.167. The van der Waals surface area contributed by atoms with Gasteiger partial charge in [-0.25, -0.2) is 0 Å². The van der Waals surface area contributed by atoms with Crippen LogP contribution in [0.15, 0.2) is 30.3 Å². The highest BCUT2D eigenvalue weighted by atomic mass is 16.6. The van der Waals surface area contributed by atoms with Crippen LogP contribution >= 0.6 is 0 Å². The number of aryl methyl sites for hydroxylation is 2. The highest BCUT2D eigenvalue weighted by Gasteiger charge is 2.27. The molecule has 7 heteroatoms.